The van der Waals surface area contributed by atoms with Gasteiger partial charge < -0.3 is 14.5 Å². The largest absolute Gasteiger partial charge is 0.462 e. The second kappa shape index (κ2) is 43.0. The van der Waals surface area contributed by atoms with E-state index in [1.165, 1.54) is 148 Å². The summed E-state index contributed by atoms with van der Waals surface area (Å²) in [7, 11) is 3.80. The summed E-state index contributed by atoms with van der Waals surface area (Å²) in [6.45, 7) is 12.9. The number of nitrogens with zero attached hydrogens (tertiary/aromatic N) is 4. The highest BCUT2D eigenvalue weighted by molar-refractivity contribution is 5.80. The maximum absolute atomic E-state index is 12.9. The average Bonchev–Trinajstić information content (AvgIpc) is 3.20. The molecule has 0 aliphatic heterocycles. The van der Waals surface area contributed by atoms with Crippen molar-refractivity contribution in [2.75, 3.05) is 40.3 Å². The molecule has 0 radical (unpaired) electrons. The summed E-state index contributed by atoms with van der Waals surface area (Å²) in [4.78, 5) is 34.4. The summed E-state index contributed by atoms with van der Waals surface area (Å²) < 4.78 is 6.07. The maximum Gasteiger partial charge on any atom is 0.306 e. The highest BCUT2D eigenvalue weighted by atomic mass is 16.5. The number of unbranched alkanes of at least 4 members (excludes halogenated alkanes) is 22. The molecule has 8 nitrogen and oxygen atoms in total. The molecule has 1 unspecified atom stereocenters. The minimum Gasteiger partial charge on any atom is -0.462 e. The van der Waals surface area contributed by atoms with Gasteiger partial charge in [0.05, 0.1) is 0 Å². The lowest BCUT2D eigenvalue weighted by Gasteiger charge is -2.22. The molecule has 0 fully saturated rings. The molecule has 0 spiro atoms. The van der Waals surface area contributed by atoms with Gasteiger partial charge >= 0.3 is 5.97 Å². The number of hydrogen-bond donors (Lipinski definition) is 1. The Hall–Kier alpha value is -2.14. The summed E-state index contributed by atoms with van der Waals surface area (Å²) in [6.07, 6.45) is 41.6. The van der Waals surface area contributed by atoms with Gasteiger partial charge in [0.1, 0.15) is 11.9 Å². The summed E-state index contributed by atoms with van der Waals surface area (Å²) in [5, 5.41) is 11.7. The van der Waals surface area contributed by atoms with Crippen LogP contribution in [0.2, 0.25) is 0 Å². The van der Waals surface area contributed by atoms with Gasteiger partial charge in [-0.15, -0.1) is 0 Å². The zero-order chi connectivity index (χ0) is 42.7. The van der Waals surface area contributed by atoms with E-state index in [1.807, 2.05) is 25.2 Å². The minimum atomic E-state index is 0.0166. The first-order valence-electron chi connectivity index (χ1n) is 25.1. The number of ether oxygens (including phenoxy) is 1. The van der Waals surface area contributed by atoms with Crippen molar-refractivity contribution in [3.05, 3.63) is 0 Å². The van der Waals surface area contributed by atoms with E-state index in [1.54, 1.807) is 0 Å². The Morgan fingerprint density at radius 3 is 1.52 bits per heavy atom. The van der Waals surface area contributed by atoms with Crippen LogP contribution in [0.4, 0.5) is 0 Å². The smallest absolute Gasteiger partial charge is 0.306 e. The molecule has 1 atom stereocenters. The van der Waals surface area contributed by atoms with Crippen molar-refractivity contribution in [1.29, 1.82) is 5.26 Å². The van der Waals surface area contributed by atoms with Gasteiger partial charge in [-0.3, -0.25) is 19.9 Å². The number of Topliss-reactive ketones (excluding diaryl/α,β-unsaturated/α-hetero) is 1. The normalized spacial score (nSPS) is 12.3. The number of guanidine groups is 1. The molecule has 0 rings (SSSR count). The van der Waals surface area contributed by atoms with Crippen LogP contribution in [0.1, 0.15) is 246 Å². The lowest BCUT2D eigenvalue weighted by atomic mass is 9.95. The van der Waals surface area contributed by atoms with Crippen molar-refractivity contribution in [3.8, 4) is 6.19 Å². The van der Waals surface area contributed by atoms with Crippen LogP contribution in [-0.2, 0) is 14.3 Å². The van der Waals surface area contributed by atoms with Crippen LogP contribution in [0, 0.1) is 17.4 Å². The number of ketones is 1. The predicted molar refractivity (Wildman–Crippen MR) is 249 cm³/mol. The van der Waals surface area contributed by atoms with E-state index in [2.05, 4.69) is 42.9 Å². The molecular formula is C50H97N5O3. The third-order valence-electron chi connectivity index (χ3n) is 11.7. The van der Waals surface area contributed by atoms with Crippen molar-refractivity contribution >= 4 is 17.7 Å². The zero-order valence-electron chi connectivity index (χ0n) is 39.5. The number of carbonyl (C=O) groups excluding carboxylic acids is 2. The van der Waals surface area contributed by atoms with Crippen LogP contribution >= 0.6 is 0 Å². The van der Waals surface area contributed by atoms with Crippen molar-refractivity contribution in [3.63, 3.8) is 0 Å². The van der Waals surface area contributed by atoms with Crippen molar-refractivity contribution < 1.29 is 14.3 Å². The molecule has 0 aromatic heterocycles. The standard InChI is InChI=1S/C50H97N5O3/c1-7-10-13-16-22-29-37-48(38-30-23-17-14-11-8-2)58-49(57)39-31-24-19-26-33-42-55(43-34-40-52-50(53-45-51)54(5)6)41-32-25-18-21-28-36-47(56)44-46(4)35-27-20-15-12-9-3/h46,48H,7-44H2,1-6H3,(H,52,53). The fourth-order valence-corrected chi connectivity index (χ4v) is 7.98. The van der Waals surface area contributed by atoms with Gasteiger partial charge in [-0.25, -0.2) is 0 Å². The molecule has 0 amide bonds. The maximum atomic E-state index is 12.9. The molecule has 0 aromatic rings. The number of nitriles is 1. The Balaban J connectivity index is 4.57. The van der Waals surface area contributed by atoms with Crippen molar-refractivity contribution in [1.82, 2.24) is 15.1 Å². The van der Waals surface area contributed by atoms with Crippen LogP contribution in [-0.4, -0.2) is 73.9 Å². The lowest BCUT2D eigenvalue weighted by Crippen LogP contribution is -2.34. The number of rotatable bonds is 43. The van der Waals surface area contributed by atoms with Crippen LogP contribution in [0.15, 0.2) is 4.99 Å². The number of carbonyl (C=O) groups is 2. The first-order valence-corrected chi connectivity index (χ1v) is 25.1. The highest BCUT2D eigenvalue weighted by Crippen LogP contribution is 2.19. The summed E-state index contributed by atoms with van der Waals surface area (Å²) >= 11 is 0. The molecule has 1 N–H and O–H groups in total. The zero-order valence-corrected chi connectivity index (χ0v) is 39.5. The molecule has 0 aromatic carbocycles. The van der Waals surface area contributed by atoms with Crippen LogP contribution in [0.5, 0.6) is 0 Å². The molecule has 58 heavy (non-hydrogen) atoms. The Kier molecular flexibility index (Phi) is 41.4. The monoisotopic (exact) mass is 816 g/mol. The Morgan fingerprint density at radius 2 is 1.02 bits per heavy atom. The van der Waals surface area contributed by atoms with Crippen LogP contribution in [0.3, 0.4) is 0 Å². The second-order valence-corrected chi connectivity index (χ2v) is 17.8. The molecular weight excluding hydrogens is 719 g/mol. The van der Waals surface area contributed by atoms with Gasteiger partial charge in [0.25, 0.3) is 0 Å². The van der Waals surface area contributed by atoms with Gasteiger partial charge in [-0.1, -0.05) is 169 Å². The van der Waals surface area contributed by atoms with Gasteiger partial charge in [-0.2, -0.15) is 5.26 Å². The van der Waals surface area contributed by atoms with E-state index in [-0.39, 0.29) is 12.1 Å². The van der Waals surface area contributed by atoms with E-state index < -0.39 is 0 Å². The average molecular weight is 816 g/mol. The van der Waals surface area contributed by atoms with E-state index in [0.29, 0.717) is 30.6 Å². The van der Waals surface area contributed by atoms with E-state index >= 15 is 0 Å². The molecule has 0 saturated heterocycles. The Morgan fingerprint density at radius 1 is 0.586 bits per heavy atom. The minimum absolute atomic E-state index is 0.0166. The first-order chi connectivity index (χ1) is 28.3. The van der Waals surface area contributed by atoms with E-state index in [4.69, 9.17) is 10.00 Å². The summed E-state index contributed by atoms with van der Waals surface area (Å²) in [5.74, 6) is 1.62. The molecule has 0 aliphatic carbocycles. The number of hydrogen-bond acceptors (Lipinski definition) is 6. The van der Waals surface area contributed by atoms with Gasteiger partial charge in [-0.05, 0) is 83.3 Å². The quantitative estimate of drug-likeness (QED) is 0.0163. The molecule has 0 saturated carbocycles. The number of esters is 1. The van der Waals surface area contributed by atoms with Crippen LogP contribution in [0.25, 0.3) is 0 Å². The fourth-order valence-electron chi connectivity index (χ4n) is 7.98. The Bertz CT molecular complexity index is 980. The van der Waals surface area contributed by atoms with Crippen LogP contribution < -0.4 is 5.32 Å². The SMILES string of the molecule is CCCCCCCCC(CCCCCCCC)OC(=O)CCCCCCCN(CCCCCCCC(=O)CC(C)CCCCCCC)CCCN=C(NC#N)N(C)C. The predicted octanol–water partition coefficient (Wildman–Crippen LogP) is 13.7. The highest BCUT2D eigenvalue weighted by Gasteiger charge is 2.15. The van der Waals surface area contributed by atoms with E-state index in [0.717, 1.165) is 83.8 Å². The molecule has 340 valence electrons. The second-order valence-electron chi connectivity index (χ2n) is 17.8. The topological polar surface area (TPSA) is 98.0 Å². The fraction of sp³-hybridized carbons (Fsp3) is 0.920. The summed E-state index contributed by atoms with van der Waals surface area (Å²) in [5.41, 5.74) is 0. The molecule has 0 aliphatic rings. The van der Waals surface area contributed by atoms with E-state index in [9.17, 15) is 9.59 Å². The first kappa shape index (κ1) is 55.9. The number of nitrogens with one attached hydrogen (secondary N) is 1. The van der Waals surface area contributed by atoms with Gasteiger partial charge in [0.2, 0.25) is 5.96 Å². The van der Waals surface area contributed by atoms with Crippen molar-refractivity contribution in [2.24, 2.45) is 10.9 Å². The van der Waals surface area contributed by atoms with Crippen molar-refractivity contribution in [2.45, 2.75) is 252 Å². The van der Waals surface area contributed by atoms with Gasteiger partial charge in [0, 0.05) is 39.9 Å². The van der Waals surface area contributed by atoms with Gasteiger partial charge in [0.15, 0.2) is 6.19 Å². The molecule has 8 heteroatoms. The lowest BCUT2D eigenvalue weighted by molar-refractivity contribution is -0.150. The number of aliphatic imine (C=N–C) groups is 1. The molecule has 0 heterocycles. The third-order valence-corrected chi connectivity index (χ3v) is 11.7. The summed E-state index contributed by atoms with van der Waals surface area (Å²) in [6, 6.07) is 0. The molecule has 0 bridgehead atoms. The Labute approximate surface area is 360 Å². The third kappa shape index (κ3) is 38.1.